The molecule has 0 heterocycles. The molecule has 168 valence electrons. The molecule has 0 aromatic rings. The second-order valence-corrected chi connectivity index (χ2v) is 10.9. The van der Waals surface area contributed by atoms with Gasteiger partial charge < -0.3 is 20.1 Å². The lowest BCUT2D eigenvalue weighted by Gasteiger charge is -2.72. The van der Waals surface area contributed by atoms with Gasteiger partial charge >= 0.3 is 23.9 Å². The monoisotopic (exact) mass is 424 g/mol. The number of carboxylic acids is 3. The van der Waals surface area contributed by atoms with Crippen LogP contribution in [0.1, 0.15) is 78.6 Å². The Morgan fingerprint density at radius 3 is 1.53 bits per heavy atom. The molecule has 0 saturated heterocycles. The van der Waals surface area contributed by atoms with E-state index in [1.807, 2.05) is 0 Å². The second kappa shape index (κ2) is 7.24. The number of aliphatic carboxylic acids is 3. The highest BCUT2D eigenvalue weighted by atomic mass is 16.6. The van der Waals surface area contributed by atoms with E-state index in [4.69, 9.17) is 4.74 Å². The molecule has 4 aliphatic carbocycles. The number of carbonyl (C=O) groups is 4. The van der Waals surface area contributed by atoms with Crippen molar-refractivity contribution >= 4 is 23.9 Å². The van der Waals surface area contributed by atoms with E-state index in [1.165, 1.54) is 0 Å². The molecule has 0 aromatic carbocycles. The van der Waals surface area contributed by atoms with Crippen LogP contribution in [0.2, 0.25) is 0 Å². The van der Waals surface area contributed by atoms with Crippen molar-refractivity contribution in [3.63, 3.8) is 0 Å². The van der Waals surface area contributed by atoms with Crippen molar-refractivity contribution in [1.29, 1.82) is 0 Å². The van der Waals surface area contributed by atoms with E-state index in [2.05, 4.69) is 0 Å². The zero-order valence-electron chi connectivity index (χ0n) is 17.9. The van der Waals surface area contributed by atoms with E-state index in [0.717, 1.165) is 6.42 Å². The molecule has 4 aliphatic rings. The topological polar surface area (TPSA) is 138 Å². The van der Waals surface area contributed by atoms with E-state index in [1.54, 1.807) is 20.8 Å². The van der Waals surface area contributed by atoms with Gasteiger partial charge in [-0.3, -0.25) is 19.2 Å². The standard InChI is InChI=1S/C22H32O8/c1-19(2,3)30-18(29)12-21-7-13-4-14(8-21)6-20(5-13,9-15(23)24)22(21,10-16(25)26)11-17(27)28/h13-14H,4-12H2,1-3H3,(H,23,24)(H,25,26)(H,27,28). The van der Waals surface area contributed by atoms with Crippen molar-refractivity contribution in [2.75, 3.05) is 0 Å². The van der Waals surface area contributed by atoms with Crippen LogP contribution in [0.5, 0.6) is 0 Å². The molecule has 0 spiro atoms. The van der Waals surface area contributed by atoms with Crippen LogP contribution < -0.4 is 0 Å². The number of carbonyl (C=O) groups excluding carboxylic acids is 1. The summed E-state index contributed by atoms with van der Waals surface area (Å²) < 4.78 is 5.54. The number of esters is 1. The van der Waals surface area contributed by atoms with Gasteiger partial charge in [-0.15, -0.1) is 0 Å². The maximum absolute atomic E-state index is 12.9. The molecule has 4 bridgehead atoms. The first-order valence-electron chi connectivity index (χ1n) is 10.6. The fourth-order valence-corrected chi connectivity index (χ4v) is 7.57. The number of hydrogen-bond acceptors (Lipinski definition) is 5. The Morgan fingerprint density at radius 1 is 0.767 bits per heavy atom. The van der Waals surface area contributed by atoms with E-state index in [9.17, 15) is 34.5 Å². The third-order valence-electron chi connectivity index (χ3n) is 7.71. The van der Waals surface area contributed by atoms with Crippen molar-refractivity contribution in [2.24, 2.45) is 28.1 Å². The minimum absolute atomic E-state index is 0.0702. The van der Waals surface area contributed by atoms with Gasteiger partial charge in [0.05, 0.1) is 25.7 Å². The Labute approximate surface area is 176 Å². The van der Waals surface area contributed by atoms with Gasteiger partial charge in [-0.2, -0.15) is 0 Å². The van der Waals surface area contributed by atoms with Gasteiger partial charge in [-0.05, 0) is 75.5 Å². The molecule has 2 unspecified atom stereocenters. The van der Waals surface area contributed by atoms with Crippen LogP contribution in [0, 0.1) is 28.1 Å². The molecule has 0 aliphatic heterocycles. The van der Waals surface area contributed by atoms with E-state index < -0.39 is 58.6 Å². The van der Waals surface area contributed by atoms with Gasteiger partial charge in [-0.25, -0.2) is 0 Å². The normalized spacial score (nSPS) is 33.8. The number of carboxylic acid groups (broad SMARTS) is 3. The quantitative estimate of drug-likeness (QED) is 0.504. The van der Waals surface area contributed by atoms with Crippen LogP contribution in [0.3, 0.4) is 0 Å². The highest BCUT2D eigenvalue weighted by Gasteiger charge is 2.73. The van der Waals surface area contributed by atoms with E-state index >= 15 is 0 Å². The first-order chi connectivity index (χ1) is 13.7. The Balaban J connectivity index is 2.15. The number of ether oxygens (including phenoxy) is 1. The second-order valence-electron chi connectivity index (χ2n) is 10.9. The highest BCUT2D eigenvalue weighted by Crippen LogP contribution is 2.77. The molecule has 3 N–H and O–H groups in total. The molecule has 0 aromatic heterocycles. The number of hydrogen-bond donors (Lipinski definition) is 3. The molecule has 8 nitrogen and oxygen atoms in total. The Bertz CT molecular complexity index is 732. The van der Waals surface area contributed by atoms with Crippen LogP contribution in [-0.4, -0.2) is 44.8 Å². The lowest BCUT2D eigenvalue weighted by atomic mass is 9.31. The maximum Gasteiger partial charge on any atom is 0.306 e. The molecule has 4 saturated carbocycles. The number of rotatable bonds is 8. The van der Waals surface area contributed by atoms with Crippen LogP contribution >= 0.6 is 0 Å². The first kappa shape index (κ1) is 22.6. The molecule has 8 heteroatoms. The van der Waals surface area contributed by atoms with E-state index in [0.29, 0.717) is 25.7 Å². The Hall–Kier alpha value is -2.12. The fraction of sp³-hybridized carbons (Fsp3) is 0.818. The summed E-state index contributed by atoms with van der Waals surface area (Å²) >= 11 is 0. The average molecular weight is 424 g/mol. The summed E-state index contributed by atoms with van der Waals surface area (Å²) in [7, 11) is 0. The third kappa shape index (κ3) is 3.81. The largest absolute Gasteiger partial charge is 0.481 e. The Morgan fingerprint density at radius 2 is 1.17 bits per heavy atom. The van der Waals surface area contributed by atoms with Crippen molar-refractivity contribution in [3.05, 3.63) is 0 Å². The zero-order valence-corrected chi connectivity index (χ0v) is 17.9. The smallest absolute Gasteiger partial charge is 0.306 e. The molecular weight excluding hydrogens is 392 g/mol. The molecule has 4 fully saturated rings. The molecule has 30 heavy (non-hydrogen) atoms. The summed E-state index contributed by atoms with van der Waals surface area (Å²) in [4.78, 5) is 48.8. The SMILES string of the molecule is CC(C)(C)OC(=O)CC12CC3CC(CC(CC(=O)O)(C3)C1(CC(=O)O)CC(=O)O)C2. The summed E-state index contributed by atoms with van der Waals surface area (Å²) in [6.45, 7) is 5.24. The summed E-state index contributed by atoms with van der Waals surface area (Å²) in [5.74, 6) is -3.49. The predicted molar refractivity (Wildman–Crippen MR) is 105 cm³/mol. The van der Waals surface area contributed by atoms with Crippen molar-refractivity contribution in [3.8, 4) is 0 Å². The lowest BCUT2D eigenvalue weighted by Crippen LogP contribution is -2.67. The van der Waals surface area contributed by atoms with Gasteiger partial charge in [0.2, 0.25) is 0 Å². The van der Waals surface area contributed by atoms with Gasteiger partial charge in [0.1, 0.15) is 5.60 Å². The summed E-state index contributed by atoms with van der Waals surface area (Å²) in [5.41, 5.74) is -3.85. The predicted octanol–water partition coefficient (Wildman–Crippen LogP) is 3.33. The first-order valence-corrected chi connectivity index (χ1v) is 10.6. The van der Waals surface area contributed by atoms with E-state index in [-0.39, 0.29) is 24.7 Å². The van der Waals surface area contributed by atoms with Gasteiger partial charge in [0.15, 0.2) is 0 Å². The summed E-state index contributed by atoms with van der Waals surface area (Å²) in [6.07, 6.45) is 1.79. The van der Waals surface area contributed by atoms with Crippen molar-refractivity contribution < 1.29 is 39.2 Å². The maximum atomic E-state index is 12.9. The van der Waals surface area contributed by atoms with Crippen molar-refractivity contribution in [2.45, 2.75) is 84.2 Å². The van der Waals surface area contributed by atoms with Crippen LogP contribution in [0.4, 0.5) is 0 Å². The zero-order chi connectivity index (χ0) is 22.5. The molecule has 2 atom stereocenters. The van der Waals surface area contributed by atoms with Crippen LogP contribution in [-0.2, 0) is 23.9 Å². The van der Waals surface area contributed by atoms with Crippen molar-refractivity contribution in [1.82, 2.24) is 0 Å². The average Bonchev–Trinajstić information content (AvgIpc) is 2.47. The summed E-state index contributed by atoms with van der Waals surface area (Å²) in [5, 5.41) is 29.3. The summed E-state index contributed by atoms with van der Waals surface area (Å²) in [6, 6.07) is 0. The molecule has 4 rings (SSSR count). The minimum atomic E-state index is -1.31. The molecule has 0 radical (unpaired) electrons. The van der Waals surface area contributed by atoms with Crippen LogP contribution in [0.15, 0.2) is 0 Å². The van der Waals surface area contributed by atoms with Gasteiger partial charge in [0.25, 0.3) is 0 Å². The van der Waals surface area contributed by atoms with Crippen LogP contribution in [0.25, 0.3) is 0 Å². The fourth-order valence-electron chi connectivity index (χ4n) is 7.57. The van der Waals surface area contributed by atoms with Gasteiger partial charge in [-0.1, -0.05) is 0 Å². The van der Waals surface area contributed by atoms with Gasteiger partial charge in [0, 0.05) is 5.41 Å². The molecular formula is C22H32O8. The highest BCUT2D eigenvalue weighted by molar-refractivity contribution is 5.76. The minimum Gasteiger partial charge on any atom is -0.481 e. The molecule has 0 amide bonds. The Kier molecular flexibility index (Phi) is 5.44. The lowest BCUT2D eigenvalue weighted by molar-refractivity contribution is -0.250. The third-order valence-corrected chi connectivity index (χ3v) is 7.71.